The first kappa shape index (κ1) is 20.2. The van der Waals surface area contributed by atoms with Crippen LogP contribution in [0.25, 0.3) is 11.8 Å². The number of methoxy groups -OCH3 is 1. The molecular formula is C18H20N4O4S. The first-order valence-electron chi connectivity index (χ1n) is 8.18. The number of carboxylic acid groups (broad SMARTS) is 1. The van der Waals surface area contributed by atoms with Crippen molar-refractivity contribution in [3.05, 3.63) is 43.8 Å². The van der Waals surface area contributed by atoms with Gasteiger partial charge in [0.25, 0.3) is 5.56 Å². The van der Waals surface area contributed by atoms with Gasteiger partial charge in [-0.15, -0.1) is 11.3 Å². The molecule has 0 bridgehead atoms. The fourth-order valence-electron chi connectivity index (χ4n) is 2.34. The summed E-state index contributed by atoms with van der Waals surface area (Å²) in [5.41, 5.74) is 0.878. The van der Waals surface area contributed by atoms with E-state index in [1.807, 2.05) is 24.3 Å². The number of aromatic nitrogens is 1. The van der Waals surface area contributed by atoms with Gasteiger partial charge in [-0.3, -0.25) is 9.36 Å². The van der Waals surface area contributed by atoms with E-state index in [2.05, 4.69) is 10.6 Å². The Morgan fingerprint density at radius 2 is 2.19 bits per heavy atom. The maximum atomic E-state index is 12.5. The van der Waals surface area contributed by atoms with Crippen molar-refractivity contribution in [1.82, 2.24) is 4.57 Å². The van der Waals surface area contributed by atoms with E-state index in [-0.39, 0.29) is 16.8 Å². The highest BCUT2D eigenvalue weighted by Gasteiger charge is 2.13. The molecule has 2 rings (SSSR count). The summed E-state index contributed by atoms with van der Waals surface area (Å²) in [5.74, 6) is -1.35. The summed E-state index contributed by atoms with van der Waals surface area (Å²) < 4.78 is 6.74. The highest BCUT2D eigenvalue weighted by molar-refractivity contribution is 7.07. The van der Waals surface area contributed by atoms with Crippen molar-refractivity contribution < 1.29 is 14.6 Å². The van der Waals surface area contributed by atoms with Gasteiger partial charge in [0.2, 0.25) is 0 Å². The zero-order valence-corrected chi connectivity index (χ0v) is 15.8. The maximum Gasteiger partial charge on any atom is 0.349 e. The Balaban J connectivity index is 2.38. The Morgan fingerprint density at radius 1 is 1.44 bits per heavy atom. The molecule has 3 N–H and O–H groups in total. The number of anilines is 2. The number of nitrogens with zero attached hydrogens (tertiary/aromatic N) is 2. The first-order chi connectivity index (χ1) is 13.0. The Labute approximate surface area is 159 Å². The highest BCUT2D eigenvalue weighted by atomic mass is 32.1. The number of hydrogen-bond acceptors (Lipinski definition) is 7. The van der Waals surface area contributed by atoms with Gasteiger partial charge < -0.3 is 20.5 Å². The van der Waals surface area contributed by atoms with Gasteiger partial charge in [-0.25, -0.2) is 4.79 Å². The average molecular weight is 388 g/mol. The standard InChI is InChI=1S/C18H20N4O4S/c1-3-22-16(23)15(27-17(22)14(10-19)18(24)25)11-21-13-6-4-5-12(9-13)20-7-8-26-2/h4-6,9,11,20-21H,3,7-8H2,1-2H3,(H,24,25). The molecule has 9 heteroatoms. The molecule has 0 amide bonds. The number of nitriles is 1. The Kier molecular flexibility index (Phi) is 7.16. The summed E-state index contributed by atoms with van der Waals surface area (Å²) in [6.45, 7) is 3.25. The zero-order chi connectivity index (χ0) is 19.8. The van der Waals surface area contributed by atoms with Gasteiger partial charge in [0.1, 0.15) is 15.3 Å². The van der Waals surface area contributed by atoms with Gasteiger partial charge in [-0.05, 0) is 25.1 Å². The maximum absolute atomic E-state index is 12.5. The number of ether oxygens (including phenoxy) is 1. The topological polar surface area (TPSA) is 116 Å². The van der Waals surface area contributed by atoms with E-state index in [1.165, 1.54) is 10.8 Å². The molecule has 0 saturated carbocycles. The number of carboxylic acids is 1. The van der Waals surface area contributed by atoms with E-state index in [0.717, 1.165) is 22.7 Å². The first-order valence-corrected chi connectivity index (χ1v) is 9.00. The third kappa shape index (κ3) is 4.97. The van der Waals surface area contributed by atoms with Crippen molar-refractivity contribution in [2.24, 2.45) is 0 Å². The molecule has 142 valence electrons. The van der Waals surface area contributed by atoms with E-state index >= 15 is 0 Å². The molecule has 8 nitrogen and oxygen atoms in total. The lowest BCUT2D eigenvalue weighted by Crippen LogP contribution is -2.32. The lowest BCUT2D eigenvalue weighted by molar-refractivity contribution is -0.130. The lowest BCUT2D eigenvalue weighted by Gasteiger charge is -2.07. The summed E-state index contributed by atoms with van der Waals surface area (Å²) in [5, 5.41) is 24.5. The molecule has 1 aromatic carbocycles. The monoisotopic (exact) mass is 388 g/mol. The van der Waals surface area contributed by atoms with Crippen LogP contribution < -0.4 is 25.4 Å². The number of hydrogen-bond donors (Lipinski definition) is 3. The van der Waals surface area contributed by atoms with Crippen LogP contribution >= 0.6 is 11.3 Å². The number of rotatable bonds is 8. The molecule has 0 unspecified atom stereocenters. The van der Waals surface area contributed by atoms with E-state index < -0.39 is 11.5 Å². The van der Waals surface area contributed by atoms with Crippen molar-refractivity contribution in [3.8, 4) is 6.07 Å². The fourth-order valence-corrected chi connectivity index (χ4v) is 3.43. The van der Waals surface area contributed by atoms with Gasteiger partial charge in [0.15, 0.2) is 5.57 Å². The molecule has 0 aliphatic rings. The minimum Gasteiger partial charge on any atom is -0.477 e. The van der Waals surface area contributed by atoms with Crippen LogP contribution in [-0.4, -0.2) is 35.9 Å². The summed E-state index contributed by atoms with van der Waals surface area (Å²) in [6.07, 6.45) is 1.52. The van der Waals surface area contributed by atoms with Crippen LogP contribution in [0.1, 0.15) is 6.92 Å². The highest BCUT2D eigenvalue weighted by Crippen LogP contribution is 2.14. The van der Waals surface area contributed by atoms with Gasteiger partial charge in [0, 0.05) is 37.8 Å². The van der Waals surface area contributed by atoms with Gasteiger partial charge >= 0.3 is 5.97 Å². The zero-order valence-electron chi connectivity index (χ0n) is 15.0. The molecule has 1 aromatic heterocycles. The quantitative estimate of drug-likeness (QED) is 0.567. The second kappa shape index (κ2) is 9.56. The van der Waals surface area contributed by atoms with Crippen molar-refractivity contribution in [1.29, 1.82) is 5.26 Å². The average Bonchev–Trinajstić information content (AvgIpc) is 2.96. The minimum absolute atomic E-state index is 0.139. The smallest absolute Gasteiger partial charge is 0.349 e. The van der Waals surface area contributed by atoms with Gasteiger partial charge in [0.05, 0.1) is 6.61 Å². The predicted octanol–water partition coefficient (Wildman–Crippen LogP) is 0.597. The molecule has 0 fully saturated rings. The Bertz CT molecular complexity index is 1030. The van der Waals surface area contributed by atoms with Crippen LogP contribution in [0.3, 0.4) is 0 Å². The number of carbonyl (C=O) groups is 1. The van der Waals surface area contributed by atoms with E-state index in [0.29, 0.717) is 17.7 Å². The molecule has 27 heavy (non-hydrogen) atoms. The minimum atomic E-state index is -1.35. The van der Waals surface area contributed by atoms with E-state index in [9.17, 15) is 9.59 Å². The Morgan fingerprint density at radius 3 is 2.81 bits per heavy atom. The molecule has 0 saturated heterocycles. The molecule has 0 atom stereocenters. The summed E-state index contributed by atoms with van der Waals surface area (Å²) in [4.78, 5) is 23.7. The molecule has 0 radical (unpaired) electrons. The second-order valence-corrected chi connectivity index (χ2v) is 6.43. The predicted molar refractivity (Wildman–Crippen MR) is 105 cm³/mol. The number of nitrogens with one attached hydrogen (secondary N) is 2. The van der Waals surface area contributed by atoms with Crippen LogP contribution in [0.15, 0.2) is 29.1 Å². The van der Waals surface area contributed by atoms with Crippen molar-refractivity contribution >= 4 is 40.5 Å². The molecule has 2 aromatic rings. The van der Waals surface area contributed by atoms with Crippen LogP contribution in [0.2, 0.25) is 0 Å². The van der Waals surface area contributed by atoms with Crippen LogP contribution in [0.4, 0.5) is 11.4 Å². The van der Waals surface area contributed by atoms with E-state index in [4.69, 9.17) is 15.1 Å². The van der Waals surface area contributed by atoms with Crippen molar-refractivity contribution in [2.75, 3.05) is 30.9 Å². The fraction of sp³-hybridized carbons (Fsp3) is 0.278. The third-order valence-electron chi connectivity index (χ3n) is 3.63. The van der Waals surface area contributed by atoms with Crippen LogP contribution in [-0.2, 0) is 16.1 Å². The summed E-state index contributed by atoms with van der Waals surface area (Å²) in [7, 11) is 1.63. The SMILES string of the molecule is CCn1c(=C(C#N)C(=O)O)sc(=CNc2cccc(NCCOC)c2)c1=O. The van der Waals surface area contributed by atoms with Gasteiger partial charge in [-0.1, -0.05) is 6.07 Å². The number of aliphatic carboxylic acids is 1. The molecule has 0 aliphatic heterocycles. The van der Waals surface area contributed by atoms with Gasteiger partial charge in [-0.2, -0.15) is 5.26 Å². The molecule has 0 aliphatic carbocycles. The largest absolute Gasteiger partial charge is 0.477 e. The van der Waals surface area contributed by atoms with Crippen LogP contribution in [0.5, 0.6) is 0 Å². The number of benzene rings is 1. The normalized spacial score (nSPS) is 12.4. The number of thiazole rings is 1. The summed E-state index contributed by atoms with van der Waals surface area (Å²) >= 11 is 0.972. The van der Waals surface area contributed by atoms with Crippen LogP contribution in [0, 0.1) is 11.3 Å². The lowest BCUT2D eigenvalue weighted by atomic mass is 10.3. The van der Waals surface area contributed by atoms with E-state index in [1.54, 1.807) is 20.1 Å². The third-order valence-corrected chi connectivity index (χ3v) is 4.76. The van der Waals surface area contributed by atoms with Crippen molar-refractivity contribution in [2.45, 2.75) is 13.5 Å². The second-order valence-electron chi connectivity index (χ2n) is 5.40. The molecule has 0 spiro atoms. The molecule has 1 heterocycles. The van der Waals surface area contributed by atoms with Crippen molar-refractivity contribution in [3.63, 3.8) is 0 Å². The Hall–Kier alpha value is -3.09. The molecular weight excluding hydrogens is 368 g/mol. The summed E-state index contributed by atoms with van der Waals surface area (Å²) in [6, 6.07) is 9.15.